The number of rotatable bonds is 6. The van der Waals surface area contributed by atoms with E-state index in [1.165, 1.54) is 6.92 Å². The van der Waals surface area contributed by atoms with E-state index in [0.717, 1.165) is 5.56 Å². The first kappa shape index (κ1) is 16.2. The van der Waals surface area contributed by atoms with Gasteiger partial charge in [0.2, 0.25) is 0 Å². The highest BCUT2D eigenvalue weighted by Gasteiger charge is 2.38. The summed E-state index contributed by atoms with van der Waals surface area (Å²) in [4.78, 5) is 23.5. The molecule has 0 spiro atoms. The first-order valence-electron chi connectivity index (χ1n) is 6.45. The predicted molar refractivity (Wildman–Crippen MR) is 75.5 cm³/mol. The van der Waals surface area contributed by atoms with Crippen LogP contribution in [0.2, 0.25) is 0 Å². The predicted octanol–water partition coefficient (Wildman–Crippen LogP) is 2.06. The van der Waals surface area contributed by atoms with Crippen LogP contribution in [0, 0.1) is 5.92 Å². The lowest BCUT2D eigenvalue weighted by Crippen LogP contribution is -2.55. The molecule has 0 saturated carbocycles. The van der Waals surface area contributed by atoms with Crippen LogP contribution in [0.3, 0.4) is 0 Å². The minimum Gasteiger partial charge on any atom is -0.480 e. The third-order valence-electron chi connectivity index (χ3n) is 3.50. The fourth-order valence-electron chi connectivity index (χ4n) is 1.67. The molecule has 0 heterocycles. The second-order valence-electron chi connectivity index (χ2n) is 5.25. The highest BCUT2D eigenvalue weighted by molar-refractivity contribution is 5.97. The molecule has 5 nitrogen and oxygen atoms in total. The van der Waals surface area contributed by atoms with Crippen molar-refractivity contribution in [3.8, 4) is 0 Å². The zero-order valence-corrected chi connectivity index (χ0v) is 12.3. The van der Waals surface area contributed by atoms with E-state index in [1.807, 2.05) is 0 Å². The third-order valence-corrected chi connectivity index (χ3v) is 3.50. The van der Waals surface area contributed by atoms with Gasteiger partial charge in [0.1, 0.15) is 5.54 Å². The number of benzene rings is 1. The molecule has 1 amide bonds. The summed E-state index contributed by atoms with van der Waals surface area (Å²) in [5.41, 5.74) is 0.0920. The topological polar surface area (TPSA) is 75.6 Å². The average molecular weight is 279 g/mol. The molecular formula is C15H21NO4. The number of carboxylic acid groups (broad SMARTS) is 1. The second-order valence-corrected chi connectivity index (χ2v) is 5.25. The molecule has 1 rings (SSSR count). The highest BCUT2D eigenvalue weighted by Crippen LogP contribution is 2.18. The van der Waals surface area contributed by atoms with E-state index < -0.39 is 17.4 Å². The highest BCUT2D eigenvalue weighted by atomic mass is 16.5. The number of hydrogen-bond acceptors (Lipinski definition) is 3. The Morgan fingerprint density at radius 1 is 1.30 bits per heavy atom. The van der Waals surface area contributed by atoms with Gasteiger partial charge in [0, 0.05) is 12.7 Å². The Kier molecular flexibility index (Phi) is 5.27. The molecule has 0 aliphatic rings. The van der Waals surface area contributed by atoms with Crippen molar-refractivity contribution in [1.29, 1.82) is 0 Å². The molecule has 0 aliphatic carbocycles. The summed E-state index contributed by atoms with van der Waals surface area (Å²) in [6.45, 7) is 5.50. The summed E-state index contributed by atoms with van der Waals surface area (Å²) >= 11 is 0. The summed E-state index contributed by atoms with van der Waals surface area (Å²) in [7, 11) is 1.60. The Bertz CT molecular complexity index is 481. The molecule has 1 unspecified atom stereocenters. The van der Waals surface area contributed by atoms with Crippen LogP contribution >= 0.6 is 0 Å². The van der Waals surface area contributed by atoms with Crippen molar-refractivity contribution in [2.24, 2.45) is 5.92 Å². The zero-order chi connectivity index (χ0) is 15.3. The van der Waals surface area contributed by atoms with Gasteiger partial charge < -0.3 is 15.2 Å². The van der Waals surface area contributed by atoms with Crippen molar-refractivity contribution in [3.63, 3.8) is 0 Å². The van der Waals surface area contributed by atoms with Crippen LogP contribution in [0.4, 0.5) is 0 Å². The number of carbonyl (C=O) groups excluding carboxylic acids is 1. The Morgan fingerprint density at radius 3 is 2.25 bits per heavy atom. The van der Waals surface area contributed by atoms with Crippen molar-refractivity contribution in [2.75, 3.05) is 7.11 Å². The molecule has 0 aromatic heterocycles. The minimum absolute atomic E-state index is 0.225. The zero-order valence-electron chi connectivity index (χ0n) is 12.3. The molecule has 5 heteroatoms. The molecule has 110 valence electrons. The molecule has 1 atom stereocenters. The van der Waals surface area contributed by atoms with Gasteiger partial charge in [0.15, 0.2) is 0 Å². The smallest absolute Gasteiger partial charge is 0.329 e. The number of carbonyl (C=O) groups is 2. The first-order chi connectivity index (χ1) is 9.31. The fourth-order valence-corrected chi connectivity index (χ4v) is 1.67. The molecule has 0 bridgehead atoms. The fraction of sp³-hybridized carbons (Fsp3) is 0.467. The van der Waals surface area contributed by atoms with Crippen LogP contribution in [0.5, 0.6) is 0 Å². The Balaban J connectivity index is 2.87. The average Bonchev–Trinajstić information content (AvgIpc) is 2.39. The quantitative estimate of drug-likeness (QED) is 0.835. The van der Waals surface area contributed by atoms with E-state index in [4.69, 9.17) is 4.74 Å². The van der Waals surface area contributed by atoms with Gasteiger partial charge in [-0.2, -0.15) is 0 Å². The summed E-state index contributed by atoms with van der Waals surface area (Å²) in [5, 5.41) is 11.9. The molecule has 20 heavy (non-hydrogen) atoms. The van der Waals surface area contributed by atoms with Crippen molar-refractivity contribution in [2.45, 2.75) is 32.9 Å². The molecule has 2 N–H and O–H groups in total. The number of aliphatic carboxylic acids is 1. The van der Waals surface area contributed by atoms with Gasteiger partial charge in [-0.15, -0.1) is 0 Å². The van der Waals surface area contributed by atoms with Crippen molar-refractivity contribution in [3.05, 3.63) is 35.4 Å². The Hall–Kier alpha value is -1.88. The molecule has 1 aromatic carbocycles. The second kappa shape index (κ2) is 6.52. The summed E-state index contributed by atoms with van der Waals surface area (Å²) in [6.07, 6.45) is 0. The van der Waals surface area contributed by atoms with Gasteiger partial charge in [-0.05, 0) is 30.5 Å². The van der Waals surface area contributed by atoms with Crippen LogP contribution in [0.1, 0.15) is 36.7 Å². The van der Waals surface area contributed by atoms with Gasteiger partial charge in [-0.25, -0.2) is 4.79 Å². The lowest BCUT2D eigenvalue weighted by molar-refractivity contribution is -0.145. The third kappa shape index (κ3) is 3.57. The monoisotopic (exact) mass is 279 g/mol. The van der Waals surface area contributed by atoms with Crippen LogP contribution in [0.15, 0.2) is 24.3 Å². The van der Waals surface area contributed by atoms with Crippen LogP contribution in [-0.4, -0.2) is 29.6 Å². The maximum Gasteiger partial charge on any atom is 0.329 e. The summed E-state index contributed by atoms with van der Waals surface area (Å²) in [6, 6.07) is 6.89. The summed E-state index contributed by atoms with van der Waals surface area (Å²) in [5.74, 6) is -1.67. The van der Waals surface area contributed by atoms with E-state index >= 15 is 0 Å². The van der Waals surface area contributed by atoms with Crippen molar-refractivity contribution >= 4 is 11.9 Å². The van der Waals surface area contributed by atoms with E-state index in [0.29, 0.717) is 12.2 Å². The first-order valence-corrected chi connectivity index (χ1v) is 6.45. The van der Waals surface area contributed by atoms with Gasteiger partial charge in [-0.3, -0.25) is 4.79 Å². The van der Waals surface area contributed by atoms with Gasteiger partial charge in [0.25, 0.3) is 5.91 Å². The van der Waals surface area contributed by atoms with Crippen molar-refractivity contribution in [1.82, 2.24) is 5.32 Å². The lowest BCUT2D eigenvalue weighted by atomic mass is 9.88. The van der Waals surface area contributed by atoms with E-state index in [2.05, 4.69) is 5.32 Å². The Labute approximate surface area is 118 Å². The number of ether oxygens (including phenoxy) is 1. The number of hydrogen-bond donors (Lipinski definition) is 2. The van der Waals surface area contributed by atoms with E-state index in [-0.39, 0.29) is 5.92 Å². The molecule has 0 fully saturated rings. The maximum absolute atomic E-state index is 12.1. The molecule has 0 saturated heterocycles. The van der Waals surface area contributed by atoms with Gasteiger partial charge in [0.05, 0.1) is 6.61 Å². The van der Waals surface area contributed by atoms with Crippen molar-refractivity contribution < 1.29 is 19.4 Å². The van der Waals surface area contributed by atoms with E-state index in [9.17, 15) is 14.7 Å². The molecule has 1 aromatic rings. The SMILES string of the molecule is COCc1ccc(C(=O)NC(C)(C(=O)O)C(C)C)cc1. The van der Waals surface area contributed by atoms with E-state index in [1.54, 1.807) is 45.2 Å². The number of amides is 1. The number of methoxy groups -OCH3 is 1. The van der Waals surface area contributed by atoms with Crippen LogP contribution < -0.4 is 5.32 Å². The molecule has 0 radical (unpaired) electrons. The largest absolute Gasteiger partial charge is 0.480 e. The van der Waals surface area contributed by atoms with Crippen LogP contribution in [0.25, 0.3) is 0 Å². The lowest BCUT2D eigenvalue weighted by Gasteiger charge is -2.30. The minimum atomic E-state index is -1.29. The standard InChI is InChI=1S/C15H21NO4/c1-10(2)15(3,14(18)19)16-13(17)12-7-5-11(6-8-12)9-20-4/h5-8,10H,9H2,1-4H3,(H,16,17)(H,18,19). The van der Waals surface area contributed by atoms with Gasteiger partial charge >= 0.3 is 5.97 Å². The molecule has 0 aliphatic heterocycles. The number of carboxylic acids is 1. The van der Waals surface area contributed by atoms with Crippen LogP contribution in [-0.2, 0) is 16.1 Å². The van der Waals surface area contributed by atoms with Gasteiger partial charge in [-0.1, -0.05) is 26.0 Å². The Morgan fingerprint density at radius 2 is 1.85 bits per heavy atom. The number of nitrogens with one attached hydrogen (secondary N) is 1. The normalized spacial score (nSPS) is 13.8. The summed E-state index contributed by atoms with van der Waals surface area (Å²) < 4.78 is 4.99. The molecular weight excluding hydrogens is 258 g/mol. The maximum atomic E-state index is 12.1.